The molecule has 0 rings (SSSR count). The molecule has 0 aliphatic heterocycles. The Balaban J connectivity index is -0.0000000480. The summed E-state index contributed by atoms with van der Waals surface area (Å²) in [5.74, 6) is 0. The van der Waals surface area contributed by atoms with Gasteiger partial charge in [0, 0.05) is 0 Å². The SMILES string of the molecule is [Na+].[Na+].[Na+].[O-]OOOOOO.[O-]OOOOO[O-]. The molecule has 0 saturated heterocycles. The molecule has 0 bridgehead atoms. The largest absolute Gasteiger partial charge is 1.00 e. The third-order valence-corrected chi connectivity index (χ3v) is 0.225. The summed E-state index contributed by atoms with van der Waals surface area (Å²) in [5, 5.41) is 62.0. The molecule has 0 aliphatic rings. The van der Waals surface area contributed by atoms with E-state index in [0.717, 1.165) is 0 Å². The Morgan fingerprint density at radius 2 is 0.824 bits per heavy atom. The van der Waals surface area contributed by atoms with E-state index in [4.69, 9.17) is 21.0 Å². The molecular formula is HNa3O14. The average molecular weight is 294 g/mol. The molecule has 0 unspecified atom stereocenters. The molecule has 17 heavy (non-hydrogen) atoms. The molecule has 0 heterocycles. The van der Waals surface area contributed by atoms with E-state index in [1.807, 2.05) is 0 Å². The molecule has 0 atom stereocenters. The first-order valence-electron chi connectivity index (χ1n) is 2.02. The maximum Gasteiger partial charge on any atom is 1.00 e. The first-order chi connectivity index (χ1) is 6.83. The van der Waals surface area contributed by atoms with E-state index in [2.05, 4.69) is 50.4 Å². The quantitative estimate of drug-likeness (QED) is 0.192. The molecule has 0 fully saturated rings. The Morgan fingerprint density at radius 1 is 0.529 bits per heavy atom. The summed E-state index contributed by atoms with van der Waals surface area (Å²) in [4.78, 5) is 0. The van der Waals surface area contributed by atoms with Crippen molar-refractivity contribution in [3.8, 4) is 0 Å². The predicted molar refractivity (Wildman–Crippen MR) is 13.5 cm³/mol. The van der Waals surface area contributed by atoms with E-state index in [9.17, 15) is 0 Å². The van der Waals surface area contributed by atoms with Gasteiger partial charge in [-0.25, -0.2) is 5.26 Å². The summed E-state index contributed by atoms with van der Waals surface area (Å²) in [6.07, 6.45) is 0. The van der Waals surface area contributed by atoms with E-state index < -0.39 is 0 Å². The Labute approximate surface area is 158 Å². The zero-order valence-electron chi connectivity index (χ0n) is 8.75. The fraction of sp³-hybridized carbons (Fsp3) is 0. The van der Waals surface area contributed by atoms with Gasteiger partial charge in [-0.05, 0) is 35.3 Å². The maximum absolute atomic E-state index is 8.74. The van der Waals surface area contributed by atoms with Gasteiger partial charge >= 0.3 is 88.7 Å². The van der Waals surface area contributed by atoms with Crippen molar-refractivity contribution in [3.63, 3.8) is 0 Å². The first-order valence-corrected chi connectivity index (χ1v) is 2.02. The van der Waals surface area contributed by atoms with Crippen molar-refractivity contribution in [1.29, 1.82) is 0 Å². The van der Waals surface area contributed by atoms with Crippen molar-refractivity contribution < 1.29 is 160 Å². The van der Waals surface area contributed by atoms with E-state index in [0.29, 0.717) is 0 Å². The predicted octanol–water partition coefficient (Wildman–Crippen LogP) is -13.2. The molecule has 0 saturated carbocycles. The van der Waals surface area contributed by atoms with Crippen molar-refractivity contribution in [1.82, 2.24) is 0 Å². The van der Waals surface area contributed by atoms with Gasteiger partial charge < -0.3 is 15.8 Å². The number of rotatable bonds is 8. The summed E-state index contributed by atoms with van der Waals surface area (Å²) >= 11 is 0. The van der Waals surface area contributed by atoms with Crippen LogP contribution in [-0.4, -0.2) is 5.26 Å². The Kier molecular flexibility index (Phi) is 67.6. The summed E-state index contributed by atoms with van der Waals surface area (Å²) in [6.45, 7) is 0. The van der Waals surface area contributed by atoms with Crippen LogP contribution in [0.4, 0.5) is 0 Å². The van der Waals surface area contributed by atoms with Gasteiger partial charge in [0.05, 0.1) is 0 Å². The Morgan fingerprint density at radius 3 is 1.06 bits per heavy atom. The van der Waals surface area contributed by atoms with Crippen LogP contribution in [0.5, 0.6) is 0 Å². The van der Waals surface area contributed by atoms with E-state index in [-0.39, 0.29) is 88.7 Å². The van der Waals surface area contributed by atoms with Gasteiger partial charge in [0.1, 0.15) is 0 Å². The smallest absolute Gasteiger partial charge is 0.689 e. The van der Waals surface area contributed by atoms with Gasteiger partial charge in [-0.1, -0.05) is 0 Å². The van der Waals surface area contributed by atoms with E-state index in [1.54, 1.807) is 0 Å². The Hall–Kier alpha value is 2.44. The topological polar surface area (TPSA) is 182 Å². The Bertz CT molecular complexity index is 59.9. The molecule has 88 valence electrons. The number of hydrogen-bond acceptors (Lipinski definition) is 14. The monoisotopic (exact) mass is 294 g/mol. The van der Waals surface area contributed by atoms with Crippen molar-refractivity contribution in [2.75, 3.05) is 0 Å². The van der Waals surface area contributed by atoms with Crippen LogP contribution in [0.3, 0.4) is 0 Å². The molecule has 0 spiro atoms. The average Bonchev–Trinajstić information content (AvgIpc) is 2.21. The molecule has 0 aromatic carbocycles. The zero-order valence-corrected chi connectivity index (χ0v) is 14.8. The molecule has 0 radical (unpaired) electrons. The third-order valence-electron chi connectivity index (χ3n) is 0.225. The van der Waals surface area contributed by atoms with Crippen molar-refractivity contribution in [3.05, 3.63) is 0 Å². The van der Waals surface area contributed by atoms with Crippen molar-refractivity contribution in [2.45, 2.75) is 0 Å². The maximum atomic E-state index is 8.74. The molecule has 14 nitrogen and oxygen atoms in total. The van der Waals surface area contributed by atoms with Crippen LogP contribution in [0.1, 0.15) is 0 Å². The van der Waals surface area contributed by atoms with Gasteiger partial charge in [0.25, 0.3) is 0 Å². The van der Waals surface area contributed by atoms with Crippen LogP contribution >= 0.6 is 0 Å². The van der Waals surface area contributed by atoms with E-state index >= 15 is 0 Å². The van der Waals surface area contributed by atoms with Crippen LogP contribution in [-0.2, 0) is 50.4 Å². The van der Waals surface area contributed by atoms with Crippen molar-refractivity contribution in [2.24, 2.45) is 0 Å². The van der Waals surface area contributed by atoms with Gasteiger partial charge in [-0.15, -0.1) is 0 Å². The minimum atomic E-state index is 0. The number of hydrogen-bond donors (Lipinski definition) is 1. The third kappa shape index (κ3) is 45.7. The fourth-order valence-electron chi connectivity index (χ4n) is 0.0691. The van der Waals surface area contributed by atoms with Crippen molar-refractivity contribution >= 4 is 0 Å². The van der Waals surface area contributed by atoms with Gasteiger partial charge in [-0.3, -0.25) is 15.1 Å². The van der Waals surface area contributed by atoms with Crippen LogP contribution in [0.15, 0.2) is 0 Å². The molecule has 0 aromatic rings. The second-order valence-corrected chi connectivity index (χ2v) is 0.687. The van der Waals surface area contributed by atoms with Gasteiger partial charge in [-0.2, -0.15) is 0 Å². The summed E-state index contributed by atoms with van der Waals surface area (Å²) in [5.41, 5.74) is 0. The summed E-state index contributed by atoms with van der Waals surface area (Å²) in [7, 11) is 0. The molecule has 0 aliphatic carbocycles. The minimum Gasteiger partial charge on any atom is -0.689 e. The second-order valence-electron chi connectivity index (χ2n) is 0.687. The molecule has 0 amide bonds. The van der Waals surface area contributed by atoms with Crippen LogP contribution in [0.2, 0.25) is 0 Å². The van der Waals surface area contributed by atoms with Crippen LogP contribution in [0, 0.1) is 0 Å². The molecule has 17 heteroatoms. The van der Waals surface area contributed by atoms with Crippen LogP contribution < -0.4 is 104 Å². The molecule has 0 aromatic heterocycles. The summed E-state index contributed by atoms with van der Waals surface area (Å²) < 4.78 is 0. The van der Waals surface area contributed by atoms with Gasteiger partial charge in [0.15, 0.2) is 0 Å². The zero-order chi connectivity index (χ0) is 11.1. The van der Waals surface area contributed by atoms with Gasteiger partial charge in [0.2, 0.25) is 0 Å². The summed E-state index contributed by atoms with van der Waals surface area (Å²) in [6, 6.07) is 0. The second kappa shape index (κ2) is 36.2. The minimum absolute atomic E-state index is 0. The molecular weight excluding hydrogens is 293 g/mol. The molecule has 1 N–H and O–H groups in total. The first kappa shape index (κ1) is 31.7. The van der Waals surface area contributed by atoms with E-state index in [1.165, 1.54) is 0 Å². The standard InChI is InChI=1S/3Na.2H2O7/c;;;2*1-3-5-7-6-4-2/h;;;2*1-2H/q3*+1;;/p-3. The normalized spacial score (nSPS) is 7.76. The van der Waals surface area contributed by atoms with Crippen LogP contribution in [0.25, 0.3) is 0 Å². The fourth-order valence-corrected chi connectivity index (χ4v) is 0.0691.